The molecule has 228 valence electrons. The predicted octanol–water partition coefficient (Wildman–Crippen LogP) is 7.68. The number of carbonyl (C=O) groups excluding carboxylic acids is 3. The number of ketones is 1. The Balaban J connectivity index is 1.29. The first-order valence-electron chi connectivity index (χ1n) is 14.5. The Morgan fingerprint density at radius 2 is 1.22 bits per heavy atom. The van der Waals surface area contributed by atoms with E-state index < -0.39 is 11.8 Å². The van der Waals surface area contributed by atoms with Crippen LogP contribution in [0.25, 0.3) is 23.3 Å². The highest BCUT2D eigenvalue weighted by Crippen LogP contribution is 2.28. The minimum atomic E-state index is -0.544. The number of allylic oxidation sites excluding steroid dienone is 1. The number of amides is 2. The summed E-state index contributed by atoms with van der Waals surface area (Å²) in [5.41, 5.74) is 5.08. The largest absolute Gasteiger partial charge is 0.493 e. The van der Waals surface area contributed by atoms with Crippen LogP contribution >= 0.6 is 0 Å². The molecular formula is C39H32N2O5. The lowest BCUT2D eigenvalue weighted by Gasteiger charge is -2.13. The van der Waals surface area contributed by atoms with Crippen molar-refractivity contribution in [3.63, 3.8) is 0 Å². The third-order valence-electron chi connectivity index (χ3n) is 7.12. The Morgan fingerprint density at radius 3 is 1.87 bits per heavy atom. The average Bonchev–Trinajstić information content (AvgIpc) is 3.11. The van der Waals surface area contributed by atoms with Crippen molar-refractivity contribution in [1.82, 2.24) is 5.32 Å². The monoisotopic (exact) mass is 608 g/mol. The van der Waals surface area contributed by atoms with Crippen LogP contribution in [0.5, 0.6) is 11.5 Å². The summed E-state index contributed by atoms with van der Waals surface area (Å²) >= 11 is 0. The molecule has 0 unspecified atom stereocenters. The average molecular weight is 609 g/mol. The van der Waals surface area contributed by atoms with Gasteiger partial charge in [0.15, 0.2) is 17.3 Å². The topological polar surface area (TPSA) is 93.7 Å². The zero-order chi connectivity index (χ0) is 32.3. The highest BCUT2D eigenvalue weighted by molar-refractivity contribution is 6.11. The van der Waals surface area contributed by atoms with Gasteiger partial charge in [0, 0.05) is 16.8 Å². The minimum absolute atomic E-state index is 0.0162. The lowest BCUT2D eigenvalue weighted by Crippen LogP contribution is -2.30. The Labute approximate surface area is 267 Å². The number of hydrogen-bond donors (Lipinski definition) is 2. The Kier molecular flexibility index (Phi) is 10.2. The van der Waals surface area contributed by atoms with Gasteiger partial charge in [0.05, 0.1) is 14.2 Å². The van der Waals surface area contributed by atoms with Crippen molar-refractivity contribution in [3.05, 3.63) is 161 Å². The number of methoxy groups -OCH3 is 2. The van der Waals surface area contributed by atoms with Crippen LogP contribution in [-0.2, 0) is 4.79 Å². The van der Waals surface area contributed by atoms with Crippen LogP contribution in [-0.4, -0.2) is 31.8 Å². The smallest absolute Gasteiger partial charge is 0.272 e. The van der Waals surface area contributed by atoms with Crippen LogP contribution in [0.15, 0.2) is 139 Å². The SMILES string of the molecule is COc1ccc(/C=C(\NC(=O)c2ccccc2)C(=O)Nc2ccc(C(=O)/C=C/c3ccc(-c4ccccc4)cc3)cc2)cc1OC. The maximum Gasteiger partial charge on any atom is 0.272 e. The molecule has 7 nitrogen and oxygen atoms in total. The molecule has 0 bridgehead atoms. The van der Waals surface area contributed by atoms with E-state index in [1.165, 1.54) is 20.3 Å². The summed E-state index contributed by atoms with van der Waals surface area (Å²) < 4.78 is 10.7. The molecule has 0 aliphatic heterocycles. The second-order valence-corrected chi connectivity index (χ2v) is 10.2. The number of ether oxygens (including phenoxy) is 2. The van der Waals surface area contributed by atoms with Crippen molar-refractivity contribution < 1.29 is 23.9 Å². The fourth-order valence-electron chi connectivity index (χ4n) is 4.65. The molecule has 5 rings (SSSR count). The summed E-state index contributed by atoms with van der Waals surface area (Å²) in [5, 5.41) is 5.52. The normalized spacial score (nSPS) is 11.1. The number of hydrogen-bond acceptors (Lipinski definition) is 5. The summed E-state index contributed by atoms with van der Waals surface area (Å²) in [7, 11) is 3.05. The first-order valence-corrected chi connectivity index (χ1v) is 14.5. The molecule has 0 aliphatic rings. The minimum Gasteiger partial charge on any atom is -0.493 e. The van der Waals surface area contributed by atoms with Crippen LogP contribution in [0.3, 0.4) is 0 Å². The van der Waals surface area contributed by atoms with Gasteiger partial charge in [-0.25, -0.2) is 0 Å². The zero-order valence-corrected chi connectivity index (χ0v) is 25.4. The van der Waals surface area contributed by atoms with E-state index in [1.807, 2.05) is 42.5 Å². The summed E-state index contributed by atoms with van der Waals surface area (Å²) in [6.07, 6.45) is 4.84. The summed E-state index contributed by atoms with van der Waals surface area (Å²) in [4.78, 5) is 39.3. The first-order chi connectivity index (χ1) is 22.4. The number of benzene rings is 5. The van der Waals surface area contributed by atoms with Crippen LogP contribution in [0.1, 0.15) is 31.8 Å². The molecule has 0 aromatic heterocycles. The highest BCUT2D eigenvalue weighted by atomic mass is 16.5. The van der Waals surface area contributed by atoms with Gasteiger partial charge in [-0.15, -0.1) is 0 Å². The van der Waals surface area contributed by atoms with Gasteiger partial charge >= 0.3 is 0 Å². The van der Waals surface area contributed by atoms with E-state index in [0.717, 1.165) is 16.7 Å². The number of anilines is 1. The van der Waals surface area contributed by atoms with Gasteiger partial charge in [-0.05, 0) is 82.9 Å². The number of nitrogens with one attached hydrogen (secondary N) is 2. The molecule has 7 heteroatoms. The van der Waals surface area contributed by atoms with Crippen molar-refractivity contribution in [3.8, 4) is 22.6 Å². The van der Waals surface area contributed by atoms with Crippen molar-refractivity contribution in [2.75, 3.05) is 19.5 Å². The summed E-state index contributed by atoms with van der Waals surface area (Å²) in [6.45, 7) is 0. The summed E-state index contributed by atoms with van der Waals surface area (Å²) in [6, 6.07) is 38.4. The third-order valence-corrected chi connectivity index (χ3v) is 7.12. The van der Waals surface area contributed by atoms with Gasteiger partial charge in [-0.2, -0.15) is 0 Å². The van der Waals surface area contributed by atoms with Crippen LogP contribution in [0, 0.1) is 0 Å². The van der Waals surface area contributed by atoms with E-state index in [4.69, 9.17) is 9.47 Å². The molecule has 0 saturated heterocycles. The van der Waals surface area contributed by atoms with E-state index in [2.05, 4.69) is 22.8 Å². The first kappa shape index (κ1) is 31.2. The van der Waals surface area contributed by atoms with E-state index >= 15 is 0 Å². The molecule has 0 aliphatic carbocycles. The van der Waals surface area contributed by atoms with Gasteiger partial charge in [0.1, 0.15) is 5.70 Å². The molecule has 0 radical (unpaired) electrons. The van der Waals surface area contributed by atoms with Crippen LogP contribution in [0.4, 0.5) is 5.69 Å². The Morgan fingerprint density at radius 1 is 0.609 bits per heavy atom. The molecule has 5 aromatic rings. The second-order valence-electron chi connectivity index (χ2n) is 10.2. The lowest BCUT2D eigenvalue weighted by atomic mass is 10.0. The van der Waals surface area contributed by atoms with Crippen LogP contribution in [0.2, 0.25) is 0 Å². The van der Waals surface area contributed by atoms with E-state index in [-0.39, 0.29) is 11.5 Å². The molecule has 46 heavy (non-hydrogen) atoms. The maximum atomic E-state index is 13.4. The molecule has 0 spiro atoms. The molecular weight excluding hydrogens is 576 g/mol. The van der Waals surface area contributed by atoms with Crippen LogP contribution < -0.4 is 20.1 Å². The molecule has 0 saturated carbocycles. The highest BCUT2D eigenvalue weighted by Gasteiger charge is 2.16. The second kappa shape index (κ2) is 15.0. The number of carbonyl (C=O) groups is 3. The van der Waals surface area contributed by atoms with Crippen molar-refractivity contribution >= 4 is 35.4 Å². The molecule has 2 N–H and O–H groups in total. The lowest BCUT2D eigenvalue weighted by molar-refractivity contribution is -0.113. The molecule has 2 amide bonds. The van der Waals surface area contributed by atoms with Crippen molar-refractivity contribution in [2.45, 2.75) is 0 Å². The quantitative estimate of drug-likeness (QED) is 0.119. The van der Waals surface area contributed by atoms with Crippen molar-refractivity contribution in [2.24, 2.45) is 0 Å². The summed E-state index contributed by atoms with van der Waals surface area (Å²) in [5.74, 6) is -0.149. The fourth-order valence-corrected chi connectivity index (χ4v) is 4.65. The standard InChI is InChI=1S/C39H32N2O5/c1-45-36-24-16-28(26-37(36)46-2)25-34(41-38(43)32-11-7-4-8-12-32)39(44)40-33-21-19-31(20-22-33)35(42)23-15-27-13-17-30(18-14-27)29-9-5-3-6-10-29/h3-26H,1-2H3,(H,40,44)(H,41,43)/b23-15+,34-25-. The molecule has 0 atom stereocenters. The Bertz CT molecular complexity index is 1880. The van der Waals surface area contributed by atoms with E-state index in [0.29, 0.717) is 33.9 Å². The predicted molar refractivity (Wildman–Crippen MR) is 182 cm³/mol. The van der Waals surface area contributed by atoms with Gasteiger partial charge in [-0.1, -0.05) is 84.9 Å². The van der Waals surface area contributed by atoms with E-state index in [9.17, 15) is 14.4 Å². The molecule has 0 heterocycles. The Hall–Kier alpha value is -6.21. The van der Waals surface area contributed by atoms with Crippen molar-refractivity contribution in [1.29, 1.82) is 0 Å². The van der Waals surface area contributed by atoms with Gasteiger partial charge in [0.2, 0.25) is 0 Å². The molecule has 0 fully saturated rings. The van der Waals surface area contributed by atoms with Gasteiger partial charge in [0.25, 0.3) is 11.8 Å². The van der Waals surface area contributed by atoms with Gasteiger partial charge in [-0.3, -0.25) is 14.4 Å². The third kappa shape index (κ3) is 8.03. The number of rotatable bonds is 11. The molecule has 5 aromatic carbocycles. The maximum absolute atomic E-state index is 13.4. The van der Waals surface area contributed by atoms with E-state index in [1.54, 1.807) is 84.9 Å². The van der Waals surface area contributed by atoms with Gasteiger partial charge < -0.3 is 20.1 Å². The zero-order valence-electron chi connectivity index (χ0n) is 25.4. The fraction of sp³-hybridized carbons (Fsp3) is 0.0513.